The van der Waals surface area contributed by atoms with Gasteiger partial charge in [-0.3, -0.25) is 20.2 Å². The molecular weight excluding hydrogens is 332 g/mol. The largest absolute Gasteiger partial charge is 0.265 e. The van der Waals surface area contributed by atoms with Crippen LogP contribution in [0.4, 0.5) is 0 Å². The Balaban J connectivity index is 2.49. The Labute approximate surface area is 114 Å². The van der Waals surface area contributed by atoms with E-state index in [1.807, 2.05) is 11.4 Å². The van der Waals surface area contributed by atoms with Crippen LogP contribution in [0.1, 0.15) is 4.88 Å². The molecule has 9 heteroatoms. The van der Waals surface area contributed by atoms with Crippen molar-refractivity contribution in [3.63, 3.8) is 0 Å². The summed E-state index contributed by atoms with van der Waals surface area (Å²) in [6, 6.07) is 1.83. The van der Waals surface area contributed by atoms with Crippen LogP contribution >= 0.6 is 39.0 Å². The fraction of sp³-hybridized carbons (Fsp3) is 0.500. The molecule has 0 aliphatic carbocycles. The second-order valence-corrected chi connectivity index (χ2v) is 6.30. The van der Waals surface area contributed by atoms with Crippen LogP contribution in [0.5, 0.6) is 0 Å². The zero-order chi connectivity index (χ0) is 12.8. The van der Waals surface area contributed by atoms with Gasteiger partial charge in [0, 0.05) is 24.6 Å². The molecule has 1 aromatic heterocycles. The summed E-state index contributed by atoms with van der Waals surface area (Å²) in [6.45, 7) is -0.247. The van der Waals surface area contributed by atoms with Crippen LogP contribution in [-0.2, 0) is 6.42 Å². The van der Waals surface area contributed by atoms with E-state index in [1.165, 1.54) is 11.3 Å². The summed E-state index contributed by atoms with van der Waals surface area (Å²) in [5.74, 6) is 0.158. The molecule has 0 amide bonds. The predicted molar refractivity (Wildman–Crippen MR) is 70.8 cm³/mol. The molecule has 0 aliphatic heterocycles. The highest BCUT2D eigenvalue weighted by atomic mass is 79.9. The molecule has 0 saturated carbocycles. The number of halogens is 1. The summed E-state index contributed by atoms with van der Waals surface area (Å²) in [5.41, 5.74) is 0. The number of nitro groups is 2. The zero-order valence-corrected chi connectivity index (χ0v) is 11.8. The van der Waals surface area contributed by atoms with Crippen molar-refractivity contribution in [2.75, 3.05) is 12.3 Å². The van der Waals surface area contributed by atoms with E-state index in [-0.39, 0.29) is 12.3 Å². The number of hydrogen-bond donors (Lipinski definition) is 0. The van der Waals surface area contributed by atoms with Gasteiger partial charge in [-0.2, -0.15) is 0 Å². The average molecular weight is 341 g/mol. The van der Waals surface area contributed by atoms with Crippen molar-refractivity contribution in [1.29, 1.82) is 0 Å². The lowest BCUT2D eigenvalue weighted by Crippen LogP contribution is -2.20. The molecule has 0 fully saturated rings. The molecule has 0 radical (unpaired) electrons. The molecule has 17 heavy (non-hydrogen) atoms. The second-order valence-electron chi connectivity index (χ2n) is 3.10. The van der Waals surface area contributed by atoms with E-state index in [1.54, 1.807) is 0 Å². The maximum atomic E-state index is 10.8. The molecule has 0 saturated heterocycles. The summed E-state index contributed by atoms with van der Waals surface area (Å²) in [5, 5.41) is 22.0. The van der Waals surface area contributed by atoms with Crippen molar-refractivity contribution < 1.29 is 9.85 Å². The van der Waals surface area contributed by atoms with Crippen molar-refractivity contribution in [3.8, 4) is 0 Å². The van der Waals surface area contributed by atoms with Gasteiger partial charge in [0.1, 0.15) is 0 Å². The molecule has 0 bridgehead atoms. The molecule has 0 aliphatic rings. The van der Waals surface area contributed by atoms with Crippen LogP contribution in [0.25, 0.3) is 0 Å². The fourth-order valence-electron chi connectivity index (χ4n) is 1.09. The van der Waals surface area contributed by atoms with Crippen LogP contribution in [-0.4, -0.2) is 27.5 Å². The highest BCUT2D eigenvalue weighted by Gasteiger charge is 2.22. The summed E-state index contributed by atoms with van der Waals surface area (Å²) >= 11 is 5.72. The molecule has 0 aromatic carbocycles. The first-order valence-corrected chi connectivity index (χ1v) is 7.31. The van der Waals surface area contributed by atoms with Crippen LogP contribution in [0.3, 0.4) is 0 Å². The Morgan fingerprint density at radius 3 is 2.65 bits per heavy atom. The number of rotatable bonds is 7. The maximum Gasteiger partial charge on any atom is 0.263 e. The van der Waals surface area contributed by atoms with Crippen molar-refractivity contribution in [1.82, 2.24) is 0 Å². The van der Waals surface area contributed by atoms with E-state index < -0.39 is 15.2 Å². The van der Waals surface area contributed by atoms with Gasteiger partial charge in [-0.05, 0) is 22.0 Å². The highest BCUT2D eigenvalue weighted by molar-refractivity contribution is 9.10. The Bertz CT molecular complexity index is 412. The molecule has 1 atom stereocenters. The molecule has 6 nitrogen and oxygen atoms in total. The van der Waals surface area contributed by atoms with Gasteiger partial charge in [0.15, 0.2) is 0 Å². The normalized spacial score (nSPS) is 12.3. The lowest BCUT2D eigenvalue weighted by molar-refractivity contribution is -0.495. The van der Waals surface area contributed by atoms with Gasteiger partial charge in [0.25, 0.3) is 5.37 Å². The number of thioether (sulfide) groups is 1. The first-order chi connectivity index (χ1) is 7.99. The maximum absolute atomic E-state index is 10.8. The lowest BCUT2D eigenvalue weighted by Gasteiger charge is -2.06. The van der Waals surface area contributed by atoms with Gasteiger partial charge in [-0.15, -0.1) is 11.3 Å². The average Bonchev–Trinajstić information content (AvgIpc) is 2.62. The smallest absolute Gasteiger partial charge is 0.263 e. The summed E-state index contributed by atoms with van der Waals surface area (Å²) in [4.78, 5) is 21.0. The van der Waals surface area contributed by atoms with Crippen LogP contribution < -0.4 is 0 Å². The van der Waals surface area contributed by atoms with Crippen molar-refractivity contribution >= 4 is 39.0 Å². The monoisotopic (exact) mass is 340 g/mol. The third-order valence-corrected chi connectivity index (χ3v) is 4.68. The second kappa shape index (κ2) is 6.92. The van der Waals surface area contributed by atoms with E-state index in [0.717, 1.165) is 21.1 Å². The Morgan fingerprint density at radius 2 is 2.18 bits per heavy atom. The lowest BCUT2D eigenvalue weighted by atomic mass is 10.3. The van der Waals surface area contributed by atoms with E-state index in [9.17, 15) is 20.2 Å². The van der Waals surface area contributed by atoms with Gasteiger partial charge in [-0.25, -0.2) is 0 Å². The van der Waals surface area contributed by atoms with Crippen molar-refractivity contribution in [3.05, 3.63) is 41.0 Å². The summed E-state index contributed by atoms with van der Waals surface area (Å²) in [6.07, 6.45) is 0.297. The van der Waals surface area contributed by atoms with Crippen molar-refractivity contribution in [2.45, 2.75) is 11.8 Å². The minimum Gasteiger partial charge on any atom is -0.265 e. The predicted octanol–water partition coefficient (Wildman–Crippen LogP) is 2.67. The topological polar surface area (TPSA) is 86.3 Å². The van der Waals surface area contributed by atoms with E-state index in [0.29, 0.717) is 6.42 Å². The minimum atomic E-state index is -0.819. The summed E-state index contributed by atoms with van der Waals surface area (Å²) in [7, 11) is 0. The van der Waals surface area contributed by atoms with E-state index >= 15 is 0 Å². The van der Waals surface area contributed by atoms with Gasteiger partial charge in [-0.1, -0.05) is 11.8 Å². The fourth-order valence-corrected chi connectivity index (χ4v) is 3.63. The van der Waals surface area contributed by atoms with Gasteiger partial charge < -0.3 is 0 Å². The number of nitrogens with zero attached hydrogens (tertiary/aromatic N) is 2. The SMILES string of the molecule is O=[N+]([O-])CCSC(Cc1cc(Br)cs1)[N+](=O)[O-]. The van der Waals surface area contributed by atoms with Crippen LogP contribution in [0.15, 0.2) is 15.9 Å². The summed E-state index contributed by atoms with van der Waals surface area (Å²) < 4.78 is 0.898. The first kappa shape index (κ1) is 14.4. The minimum absolute atomic E-state index is 0.158. The van der Waals surface area contributed by atoms with Gasteiger partial charge in [0.2, 0.25) is 6.54 Å². The third-order valence-electron chi connectivity index (χ3n) is 1.82. The zero-order valence-electron chi connectivity index (χ0n) is 8.58. The van der Waals surface area contributed by atoms with E-state index in [4.69, 9.17) is 0 Å². The Morgan fingerprint density at radius 1 is 1.47 bits per heavy atom. The Kier molecular flexibility index (Phi) is 5.86. The molecule has 1 heterocycles. The molecule has 1 aromatic rings. The van der Waals surface area contributed by atoms with Gasteiger partial charge in [0.05, 0.1) is 12.2 Å². The molecular formula is C8H9BrN2O4S2. The molecule has 1 rings (SSSR count). The van der Waals surface area contributed by atoms with Crippen molar-refractivity contribution in [2.24, 2.45) is 0 Å². The first-order valence-electron chi connectivity index (χ1n) is 4.59. The quantitative estimate of drug-likeness (QED) is 0.432. The van der Waals surface area contributed by atoms with E-state index in [2.05, 4.69) is 15.9 Å². The number of hydrogen-bond acceptors (Lipinski definition) is 6. The molecule has 0 N–H and O–H groups in total. The van der Waals surface area contributed by atoms with Gasteiger partial charge >= 0.3 is 0 Å². The standard InChI is InChI=1S/C8H9BrN2O4S2/c9-6-3-7(17-5-6)4-8(11(14)15)16-2-1-10(12)13/h3,5,8H,1-2,4H2. The highest BCUT2D eigenvalue weighted by Crippen LogP contribution is 2.24. The van der Waals surface area contributed by atoms with Crippen LogP contribution in [0.2, 0.25) is 0 Å². The molecule has 94 valence electrons. The van der Waals surface area contributed by atoms with Crippen LogP contribution in [0, 0.1) is 20.2 Å². The molecule has 0 spiro atoms. The third kappa shape index (κ3) is 5.46. The number of thiophene rings is 1. The Hall–Kier alpha value is -0.670. The molecule has 1 unspecified atom stereocenters.